The number of azide groups is 1. The molecule has 1 saturated heterocycles. The SMILES string of the molecule is [N-]=[N+]=N[C@@H]1CN(Cc2ccccc2)C[C@H]1OCC#Cc1ccc(C(F)(F)F)cc1. The van der Waals surface area contributed by atoms with Crippen molar-refractivity contribution in [1.29, 1.82) is 0 Å². The first-order valence-electron chi connectivity index (χ1n) is 9.04. The number of halogens is 3. The fraction of sp³-hybridized carbons (Fsp3) is 0.333. The minimum atomic E-state index is -4.36. The van der Waals surface area contributed by atoms with E-state index in [1.54, 1.807) is 0 Å². The summed E-state index contributed by atoms with van der Waals surface area (Å²) >= 11 is 0. The number of rotatable bonds is 5. The van der Waals surface area contributed by atoms with Crippen molar-refractivity contribution >= 4 is 0 Å². The summed E-state index contributed by atoms with van der Waals surface area (Å²) in [6, 6.07) is 14.3. The molecule has 8 heteroatoms. The van der Waals surface area contributed by atoms with Crippen LogP contribution in [0.5, 0.6) is 0 Å². The van der Waals surface area contributed by atoms with Crippen LogP contribution in [0.4, 0.5) is 13.2 Å². The van der Waals surface area contributed by atoms with Crippen molar-refractivity contribution in [3.63, 3.8) is 0 Å². The van der Waals surface area contributed by atoms with Gasteiger partial charge in [0.25, 0.3) is 0 Å². The average Bonchev–Trinajstić information content (AvgIpc) is 3.07. The molecule has 2 aromatic rings. The Morgan fingerprint density at radius 2 is 1.83 bits per heavy atom. The van der Waals surface area contributed by atoms with Crippen molar-refractivity contribution in [2.24, 2.45) is 5.11 Å². The third-order valence-corrected chi connectivity index (χ3v) is 4.58. The molecule has 1 aliphatic heterocycles. The molecule has 2 atom stereocenters. The molecule has 1 aliphatic rings. The van der Waals surface area contributed by atoms with E-state index in [0.29, 0.717) is 18.7 Å². The van der Waals surface area contributed by atoms with Crippen LogP contribution < -0.4 is 0 Å². The number of hydrogen-bond donors (Lipinski definition) is 0. The van der Waals surface area contributed by atoms with Crippen molar-refractivity contribution in [3.05, 3.63) is 81.7 Å². The minimum absolute atomic E-state index is 0.0995. The predicted molar refractivity (Wildman–Crippen MR) is 103 cm³/mol. The van der Waals surface area contributed by atoms with E-state index in [9.17, 15) is 13.2 Å². The van der Waals surface area contributed by atoms with Crippen LogP contribution in [-0.2, 0) is 17.5 Å². The van der Waals surface area contributed by atoms with Crippen LogP contribution in [0.1, 0.15) is 16.7 Å². The maximum absolute atomic E-state index is 12.6. The van der Waals surface area contributed by atoms with Gasteiger partial charge in [-0.2, -0.15) is 13.2 Å². The summed E-state index contributed by atoms with van der Waals surface area (Å²) in [6.45, 7) is 2.04. The van der Waals surface area contributed by atoms with Gasteiger partial charge in [0.1, 0.15) is 6.61 Å². The fourth-order valence-corrected chi connectivity index (χ4v) is 3.17. The number of ether oxygens (including phenoxy) is 1. The lowest BCUT2D eigenvalue weighted by Crippen LogP contribution is -2.25. The lowest BCUT2D eigenvalue weighted by atomic mass is 10.1. The molecular formula is C21H19F3N4O. The van der Waals surface area contributed by atoms with Crippen molar-refractivity contribution in [1.82, 2.24) is 4.90 Å². The second-order valence-electron chi connectivity index (χ2n) is 6.68. The van der Waals surface area contributed by atoms with E-state index in [-0.39, 0.29) is 18.8 Å². The molecule has 3 rings (SSSR count). The van der Waals surface area contributed by atoms with Gasteiger partial charge in [0.2, 0.25) is 0 Å². The predicted octanol–water partition coefficient (Wildman–Crippen LogP) is 4.64. The number of hydrogen-bond acceptors (Lipinski definition) is 3. The Hall–Kier alpha value is -2.98. The van der Waals surface area contributed by atoms with Crippen LogP contribution in [0.25, 0.3) is 10.4 Å². The first-order valence-corrected chi connectivity index (χ1v) is 9.04. The molecule has 0 N–H and O–H groups in total. The number of benzene rings is 2. The third-order valence-electron chi connectivity index (χ3n) is 4.58. The van der Waals surface area contributed by atoms with E-state index in [1.807, 2.05) is 30.3 Å². The van der Waals surface area contributed by atoms with Crippen molar-refractivity contribution in [2.45, 2.75) is 24.9 Å². The second-order valence-corrected chi connectivity index (χ2v) is 6.68. The Balaban J connectivity index is 1.55. The summed E-state index contributed by atoms with van der Waals surface area (Å²) < 4.78 is 43.5. The standard InChI is InChI=1S/C21H19F3N4O/c22-21(23,24)18-10-8-16(9-11-18)7-4-12-29-20-15-28(14-19(20)26-27-25)13-17-5-2-1-3-6-17/h1-3,5-6,8-11,19-20H,12-15H2/t19-,20-/m1/s1. The topological polar surface area (TPSA) is 61.2 Å². The van der Waals surface area contributed by atoms with E-state index in [4.69, 9.17) is 10.3 Å². The van der Waals surface area contributed by atoms with Crippen molar-refractivity contribution < 1.29 is 17.9 Å². The molecule has 150 valence electrons. The van der Waals surface area contributed by atoms with E-state index in [0.717, 1.165) is 24.2 Å². The lowest BCUT2D eigenvalue weighted by Gasteiger charge is -2.15. The van der Waals surface area contributed by atoms with Crippen LogP contribution in [0.15, 0.2) is 59.7 Å². The smallest absolute Gasteiger partial charge is 0.364 e. The molecule has 0 aromatic heterocycles. The third kappa shape index (κ3) is 6.00. The normalized spacial score (nSPS) is 19.3. The van der Waals surface area contributed by atoms with E-state index >= 15 is 0 Å². The van der Waals surface area contributed by atoms with Crippen LogP contribution in [0.2, 0.25) is 0 Å². The fourth-order valence-electron chi connectivity index (χ4n) is 3.17. The molecule has 0 bridgehead atoms. The van der Waals surface area contributed by atoms with Crippen LogP contribution in [0, 0.1) is 11.8 Å². The Morgan fingerprint density at radius 1 is 1.10 bits per heavy atom. The highest BCUT2D eigenvalue weighted by atomic mass is 19.4. The number of likely N-dealkylation sites (tertiary alicyclic amines) is 1. The van der Waals surface area contributed by atoms with E-state index < -0.39 is 11.7 Å². The van der Waals surface area contributed by atoms with Crippen molar-refractivity contribution in [3.8, 4) is 11.8 Å². The molecule has 0 radical (unpaired) electrons. The quantitative estimate of drug-likeness (QED) is 0.318. The van der Waals surface area contributed by atoms with Gasteiger partial charge in [-0.15, -0.1) is 0 Å². The van der Waals surface area contributed by atoms with Gasteiger partial charge in [0, 0.05) is 30.1 Å². The zero-order valence-electron chi connectivity index (χ0n) is 15.5. The molecule has 0 amide bonds. The van der Waals surface area contributed by atoms with Crippen LogP contribution in [-0.4, -0.2) is 36.7 Å². The first kappa shape index (κ1) is 20.7. The van der Waals surface area contributed by atoms with Gasteiger partial charge in [-0.25, -0.2) is 0 Å². The summed E-state index contributed by atoms with van der Waals surface area (Å²) in [5.74, 6) is 5.59. The Labute approximate surface area is 166 Å². The molecule has 5 nitrogen and oxygen atoms in total. The molecule has 29 heavy (non-hydrogen) atoms. The molecule has 0 unspecified atom stereocenters. The molecule has 0 saturated carbocycles. The van der Waals surface area contributed by atoms with Gasteiger partial charge < -0.3 is 4.74 Å². The van der Waals surface area contributed by atoms with Gasteiger partial charge >= 0.3 is 6.18 Å². The number of alkyl halides is 3. The lowest BCUT2D eigenvalue weighted by molar-refractivity contribution is -0.137. The Morgan fingerprint density at radius 3 is 2.48 bits per heavy atom. The van der Waals surface area contributed by atoms with Gasteiger partial charge in [-0.1, -0.05) is 47.3 Å². The van der Waals surface area contributed by atoms with Crippen LogP contribution in [0.3, 0.4) is 0 Å². The Kier molecular flexibility index (Phi) is 6.78. The summed E-state index contributed by atoms with van der Waals surface area (Å²) in [5.41, 5.74) is 9.73. The van der Waals surface area contributed by atoms with Crippen molar-refractivity contribution in [2.75, 3.05) is 19.7 Å². The highest BCUT2D eigenvalue weighted by Crippen LogP contribution is 2.29. The zero-order valence-corrected chi connectivity index (χ0v) is 15.5. The second kappa shape index (κ2) is 9.48. The maximum Gasteiger partial charge on any atom is 0.416 e. The van der Waals surface area contributed by atoms with Gasteiger partial charge in [0.05, 0.1) is 17.7 Å². The highest BCUT2D eigenvalue weighted by molar-refractivity contribution is 5.36. The number of nitrogens with zero attached hydrogens (tertiary/aromatic N) is 4. The molecule has 0 spiro atoms. The highest BCUT2D eigenvalue weighted by Gasteiger charge is 2.32. The molecule has 1 heterocycles. The van der Waals surface area contributed by atoms with E-state index in [1.165, 1.54) is 12.1 Å². The maximum atomic E-state index is 12.6. The van der Waals surface area contributed by atoms with Gasteiger partial charge in [-0.05, 0) is 35.4 Å². The average molecular weight is 400 g/mol. The molecule has 0 aliphatic carbocycles. The van der Waals surface area contributed by atoms with Gasteiger partial charge in [0.15, 0.2) is 0 Å². The molecule has 1 fully saturated rings. The summed E-state index contributed by atoms with van der Waals surface area (Å²) in [6.07, 6.45) is -4.64. The monoisotopic (exact) mass is 400 g/mol. The van der Waals surface area contributed by atoms with Crippen LogP contribution >= 0.6 is 0 Å². The zero-order chi connectivity index (χ0) is 20.7. The first-order chi connectivity index (χ1) is 14.0. The summed E-state index contributed by atoms with van der Waals surface area (Å²) in [7, 11) is 0. The van der Waals surface area contributed by atoms with E-state index in [2.05, 4.69) is 26.8 Å². The molecular weight excluding hydrogens is 381 g/mol. The minimum Gasteiger partial charge on any atom is -0.364 e. The Bertz CT molecular complexity index is 913. The largest absolute Gasteiger partial charge is 0.416 e. The van der Waals surface area contributed by atoms with Gasteiger partial charge in [-0.3, -0.25) is 4.90 Å². The molecule has 2 aromatic carbocycles. The summed E-state index contributed by atoms with van der Waals surface area (Å²) in [5, 5.41) is 3.83. The summed E-state index contributed by atoms with van der Waals surface area (Å²) in [4.78, 5) is 5.06.